The first-order chi connectivity index (χ1) is 5.89. The van der Waals surface area contributed by atoms with Gasteiger partial charge in [0.05, 0.1) is 0 Å². The van der Waals surface area contributed by atoms with Crippen LogP contribution in [0.25, 0.3) is 0 Å². The van der Waals surface area contributed by atoms with Crippen molar-refractivity contribution in [2.45, 2.75) is 30.8 Å². The normalized spacial score (nSPS) is 25.7. The smallest absolute Gasteiger partial charge is 0.195 e. The van der Waals surface area contributed by atoms with Crippen molar-refractivity contribution in [1.82, 2.24) is 4.31 Å². The van der Waals surface area contributed by atoms with Gasteiger partial charge >= 0.3 is 0 Å². The molecule has 0 aliphatic carbocycles. The Hall–Kier alpha value is 0.550. The van der Waals surface area contributed by atoms with Crippen LogP contribution in [0.5, 0.6) is 0 Å². The largest absolute Gasteiger partial charge is 0.299 e. The van der Waals surface area contributed by atoms with Crippen LogP contribution in [-0.4, -0.2) is 36.3 Å². The monoisotopic (exact) mass is 243 g/mol. The molecule has 1 rings (SSSR count). The summed E-state index contributed by atoms with van der Waals surface area (Å²) >= 11 is 1.82. The minimum atomic E-state index is -3.48. The molecule has 3 nitrogen and oxygen atoms in total. The first-order valence-corrected chi connectivity index (χ1v) is 7.45. The van der Waals surface area contributed by atoms with Gasteiger partial charge in [0.2, 0.25) is 0 Å². The summed E-state index contributed by atoms with van der Waals surface area (Å²) < 4.78 is 23.2. The molecule has 0 amide bonds. The van der Waals surface area contributed by atoms with Crippen molar-refractivity contribution < 1.29 is 8.42 Å². The zero-order valence-corrected chi connectivity index (χ0v) is 10.1. The maximum absolute atomic E-state index is 10.9. The first kappa shape index (κ1) is 11.6. The van der Waals surface area contributed by atoms with E-state index in [0.29, 0.717) is 23.6 Å². The summed E-state index contributed by atoms with van der Waals surface area (Å²) in [6, 6.07) is 0. The molecule has 0 N–H and O–H groups in total. The third kappa shape index (κ3) is 3.65. The molecule has 6 heteroatoms. The molecule has 1 unspecified atom stereocenters. The molecular weight excluding hydrogens is 230 g/mol. The number of thioether (sulfide) groups is 1. The lowest BCUT2D eigenvalue weighted by molar-refractivity contribution is 0.492. The van der Waals surface area contributed by atoms with Gasteiger partial charge in [-0.05, 0) is 11.7 Å². The molecule has 0 aromatic rings. The molecule has 0 spiro atoms. The van der Waals surface area contributed by atoms with Gasteiger partial charge in [-0.2, -0.15) is 24.5 Å². The Bertz CT molecular complexity index is 266. The summed E-state index contributed by atoms with van der Waals surface area (Å²) in [7, 11) is 1.75. The van der Waals surface area contributed by atoms with E-state index in [1.165, 1.54) is 4.31 Å². The van der Waals surface area contributed by atoms with Crippen LogP contribution in [0.1, 0.15) is 20.3 Å². The Labute approximate surface area is 88.4 Å². The van der Waals surface area contributed by atoms with Crippen LogP contribution in [0.15, 0.2) is 0 Å². The van der Waals surface area contributed by atoms with Crippen molar-refractivity contribution in [3.8, 4) is 0 Å². The van der Waals surface area contributed by atoms with Crippen LogP contribution < -0.4 is 0 Å². The lowest BCUT2D eigenvalue weighted by Gasteiger charge is -2.13. The highest BCUT2D eigenvalue weighted by Gasteiger charge is 2.30. The van der Waals surface area contributed by atoms with Crippen LogP contribution in [0.2, 0.25) is 0 Å². The highest BCUT2D eigenvalue weighted by atomic mass is 35.7. The van der Waals surface area contributed by atoms with E-state index in [1.54, 1.807) is 0 Å². The van der Waals surface area contributed by atoms with Crippen LogP contribution in [-0.2, 0) is 9.24 Å². The Kier molecular flexibility index (Phi) is 3.92. The molecule has 1 atom stereocenters. The third-order valence-corrected chi connectivity index (χ3v) is 4.73. The standard InChI is InChI=1S/C7H14ClNO2S2/c1-6(2)12-7-3-4-9(5-7)13(8,10)11/h6-7H,3-5H2,1-2H3. The van der Waals surface area contributed by atoms with E-state index >= 15 is 0 Å². The van der Waals surface area contributed by atoms with Gasteiger partial charge in [0.25, 0.3) is 9.24 Å². The molecule has 0 aromatic heterocycles. The van der Waals surface area contributed by atoms with E-state index < -0.39 is 9.24 Å². The summed E-state index contributed by atoms with van der Waals surface area (Å²) in [5.41, 5.74) is 0. The predicted octanol–water partition coefficient (Wildman–Crippen LogP) is 1.69. The number of hydrogen-bond acceptors (Lipinski definition) is 3. The molecule has 0 radical (unpaired) electrons. The van der Waals surface area contributed by atoms with Crippen LogP contribution in [0.4, 0.5) is 0 Å². The fourth-order valence-electron chi connectivity index (χ4n) is 1.39. The first-order valence-electron chi connectivity index (χ1n) is 4.25. The van der Waals surface area contributed by atoms with E-state index in [0.717, 1.165) is 6.42 Å². The van der Waals surface area contributed by atoms with Crippen molar-refractivity contribution in [1.29, 1.82) is 0 Å². The van der Waals surface area contributed by atoms with Gasteiger partial charge in [-0.3, -0.25) is 0 Å². The molecule has 1 aliphatic heterocycles. The Morgan fingerprint density at radius 2 is 2.15 bits per heavy atom. The summed E-state index contributed by atoms with van der Waals surface area (Å²) in [6.45, 7) is 5.36. The molecule has 78 valence electrons. The lowest BCUT2D eigenvalue weighted by atomic mass is 10.4. The minimum Gasteiger partial charge on any atom is -0.195 e. The molecule has 0 bridgehead atoms. The molecule has 13 heavy (non-hydrogen) atoms. The topological polar surface area (TPSA) is 37.4 Å². The highest BCUT2D eigenvalue weighted by molar-refractivity contribution is 8.11. The molecule has 1 aliphatic rings. The minimum absolute atomic E-state index is 0.411. The molecule has 1 fully saturated rings. The Balaban J connectivity index is 2.46. The number of halogens is 1. The second kappa shape index (κ2) is 4.38. The Morgan fingerprint density at radius 1 is 1.54 bits per heavy atom. The average Bonchev–Trinajstić information content (AvgIpc) is 2.32. The lowest BCUT2D eigenvalue weighted by Crippen LogP contribution is -2.25. The van der Waals surface area contributed by atoms with E-state index in [4.69, 9.17) is 10.7 Å². The van der Waals surface area contributed by atoms with E-state index in [-0.39, 0.29) is 0 Å². The third-order valence-electron chi connectivity index (χ3n) is 1.88. The van der Waals surface area contributed by atoms with Gasteiger partial charge in [-0.1, -0.05) is 13.8 Å². The van der Waals surface area contributed by atoms with Gasteiger partial charge < -0.3 is 0 Å². The van der Waals surface area contributed by atoms with Gasteiger partial charge in [0, 0.05) is 29.0 Å². The van der Waals surface area contributed by atoms with E-state index in [9.17, 15) is 8.42 Å². The van der Waals surface area contributed by atoms with Gasteiger partial charge in [-0.15, -0.1) is 0 Å². The van der Waals surface area contributed by atoms with Crippen LogP contribution in [0, 0.1) is 0 Å². The number of rotatable bonds is 3. The zero-order chi connectivity index (χ0) is 10.1. The molecular formula is C7H14ClNO2S2. The summed E-state index contributed by atoms with van der Waals surface area (Å²) in [5, 5.41) is 0.955. The zero-order valence-electron chi connectivity index (χ0n) is 7.73. The van der Waals surface area contributed by atoms with Crippen molar-refractivity contribution >= 4 is 31.7 Å². The summed E-state index contributed by atoms with van der Waals surface area (Å²) in [6.07, 6.45) is 0.912. The van der Waals surface area contributed by atoms with Crippen molar-refractivity contribution in [2.75, 3.05) is 13.1 Å². The average molecular weight is 244 g/mol. The molecule has 1 saturated heterocycles. The van der Waals surface area contributed by atoms with Gasteiger partial charge in [0.1, 0.15) is 0 Å². The maximum atomic E-state index is 10.9. The van der Waals surface area contributed by atoms with Gasteiger partial charge in [0.15, 0.2) is 0 Å². The van der Waals surface area contributed by atoms with Crippen LogP contribution in [0.3, 0.4) is 0 Å². The van der Waals surface area contributed by atoms with Crippen molar-refractivity contribution in [3.05, 3.63) is 0 Å². The second-order valence-corrected chi connectivity index (χ2v) is 7.79. The SMILES string of the molecule is CC(C)SC1CCN(S(=O)(=O)Cl)C1. The predicted molar refractivity (Wildman–Crippen MR) is 57.5 cm³/mol. The van der Waals surface area contributed by atoms with Crippen molar-refractivity contribution in [2.24, 2.45) is 0 Å². The molecule has 0 aromatic carbocycles. The van der Waals surface area contributed by atoms with E-state index in [2.05, 4.69) is 13.8 Å². The fraction of sp³-hybridized carbons (Fsp3) is 1.00. The Morgan fingerprint density at radius 3 is 2.54 bits per heavy atom. The number of hydrogen-bond donors (Lipinski definition) is 0. The van der Waals surface area contributed by atoms with Gasteiger partial charge in [-0.25, -0.2) is 0 Å². The second-order valence-electron chi connectivity index (χ2n) is 3.40. The molecule has 1 heterocycles. The maximum Gasteiger partial charge on any atom is 0.299 e. The van der Waals surface area contributed by atoms with Crippen molar-refractivity contribution in [3.63, 3.8) is 0 Å². The van der Waals surface area contributed by atoms with Crippen LogP contribution >= 0.6 is 22.4 Å². The molecule has 0 saturated carbocycles. The highest BCUT2D eigenvalue weighted by Crippen LogP contribution is 2.28. The number of nitrogens with zero attached hydrogens (tertiary/aromatic N) is 1. The summed E-state index contributed by atoms with van der Waals surface area (Å²) in [4.78, 5) is 0. The van der Waals surface area contributed by atoms with E-state index in [1.807, 2.05) is 11.8 Å². The quantitative estimate of drug-likeness (QED) is 0.708. The fourth-order valence-corrected chi connectivity index (χ4v) is 3.82. The summed E-state index contributed by atoms with van der Waals surface area (Å²) in [5.74, 6) is 0.